The number of ether oxygens (including phenoxy) is 2. The Balaban J connectivity index is 1.26. The number of nitrogens with one attached hydrogen (secondary N) is 1. The molecule has 41 heavy (non-hydrogen) atoms. The maximum atomic E-state index is 13.6. The molecule has 5 aliphatic rings. The van der Waals surface area contributed by atoms with Crippen molar-refractivity contribution >= 4 is 28.9 Å². The van der Waals surface area contributed by atoms with Gasteiger partial charge < -0.3 is 19.6 Å². The van der Waals surface area contributed by atoms with Gasteiger partial charge in [0.15, 0.2) is 5.65 Å². The van der Waals surface area contributed by atoms with E-state index in [2.05, 4.69) is 15.4 Å². The number of hydrogen-bond acceptors (Lipinski definition) is 9. The van der Waals surface area contributed by atoms with E-state index in [4.69, 9.17) is 14.3 Å². The number of alkyl halides is 3. The Morgan fingerprint density at radius 2 is 1.98 bits per heavy atom. The molecular weight excluding hydrogens is 545 g/mol. The Kier molecular flexibility index (Phi) is 5.58. The second-order valence-corrected chi connectivity index (χ2v) is 11.6. The van der Waals surface area contributed by atoms with E-state index >= 15 is 0 Å². The summed E-state index contributed by atoms with van der Waals surface area (Å²) < 4.78 is 53.5. The van der Waals surface area contributed by atoms with Gasteiger partial charge in [-0.1, -0.05) is 0 Å². The molecule has 0 unspecified atom stereocenters. The standard InChI is InChI=1S/C27H27F3N6O5/c1-15-8-31-22-19(9-32-34(22)10-15)33-23(37)18-6-16-11-35(26-12-25(2,13-26)39-14-26)36(41-24(38)27(28,29)30)20(16)7-21(18)40-17-4-3-5-17/h6-10,17H,3-5,11-14H2,1-2H3,(H,33,37). The molecule has 1 N–H and O–H groups in total. The first-order valence-corrected chi connectivity index (χ1v) is 13.4. The summed E-state index contributed by atoms with van der Waals surface area (Å²) in [7, 11) is 0. The van der Waals surface area contributed by atoms with Crippen molar-refractivity contribution < 1.29 is 37.1 Å². The molecule has 2 aromatic heterocycles. The number of rotatable bonds is 6. The molecule has 2 saturated heterocycles. The van der Waals surface area contributed by atoms with Crippen LogP contribution < -0.4 is 15.2 Å². The van der Waals surface area contributed by atoms with Gasteiger partial charge in [-0.15, -0.1) is 5.17 Å². The van der Waals surface area contributed by atoms with Gasteiger partial charge in [0.2, 0.25) is 0 Å². The third kappa shape index (κ3) is 4.27. The van der Waals surface area contributed by atoms with Gasteiger partial charge in [0.25, 0.3) is 5.91 Å². The number of aryl methyl sites for hydroxylation is 1. The predicted molar refractivity (Wildman–Crippen MR) is 137 cm³/mol. The molecule has 1 aromatic carbocycles. The summed E-state index contributed by atoms with van der Waals surface area (Å²) in [5, 5.41) is 9.60. The fraction of sp³-hybridized carbons (Fsp3) is 0.481. The van der Waals surface area contributed by atoms with Crippen LogP contribution in [0.4, 0.5) is 24.5 Å². The zero-order valence-electron chi connectivity index (χ0n) is 22.3. The topological polar surface area (TPSA) is 111 Å². The van der Waals surface area contributed by atoms with Crippen LogP contribution in [-0.2, 0) is 20.9 Å². The van der Waals surface area contributed by atoms with E-state index in [0.29, 0.717) is 29.7 Å². The predicted octanol–water partition coefficient (Wildman–Crippen LogP) is 4.10. The zero-order valence-corrected chi connectivity index (χ0v) is 22.3. The lowest BCUT2D eigenvalue weighted by Crippen LogP contribution is -2.62. The van der Waals surface area contributed by atoms with Crippen LogP contribution in [0.2, 0.25) is 0 Å². The number of carbonyl (C=O) groups excluding carboxylic acids is 2. The van der Waals surface area contributed by atoms with Crippen molar-refractivity contribution in [3.63, 3.8) is 0 Å². The Hall–Kier alpha value is -3.91. The van der Waals surface area contributed by atoms with Crippen LogP contribution in [0.3, 0.4) is 0 Å². The minimum Gasteiger partial charge on any atom is -0.490 e. The summed E-state index contributed by atoms with van der Waals surface area (Å²) in [5.41, 5.74) is 1.64. The highest BCUT2D eigenvalue weighted by atomic mass is 19.4. The van der Waals surface area contributed by atoms with Gasteiger partial charge in [-0.3, -0.25) is 4.79 Å². The van der Waals surface area contributed by atoms with Crippen molar-refractivity contribution in [1.29, 1.82) is 0 Å². The van der Waals surface area contributed by atoms with E-state index < -0.39 is 23.6 Å². The van der Waals surface area contributed by atoms with Gasteiger partial charge in [-0.25, -0.2) is 14.3 Å². The Morgan fingerprint density at radius 3 is 2.63 bits per heavy atom. The van der Waals surface area contributed by atoms with Crippen LogP contribution in [-0.4, -0.2) is 61.5 Å². The van der Waals surface area contributed by atoms with Crippen molar-refractivity contribution in [2.45, 2.75) is 75.9 Å². The number of hydrogen-bond donors (Lipinski definition) is 1. The van der Waals surface area contributed by atoms with E-state index in [1.165, 1.54) is 12.3 Å². The van der Waals surface area contributed by atoms with Crippen LogP contribution in [0.15, 0.2) is 30.7 Å². The Labute approximate surface area is 232 Å². The second kappa shape index (κ2) is 8.79. The first kappa shape index (κ1) is 26.0. The second-order valence-electron chi connectivity index (χ2n) is 11.6. The normalized spacial score (nSPS) is 25.5. The average molecular weight is 573 g/mol. The molecular formula is C27H27F3N6O5. The smallest absolute Gasteiger partial charge is 0.490 e. The Bertz CT molecular complexity index is 1580. The van der Waals surface area contributed by atoms with Crippen LogP contribution in [0.25, 0.3) is 5.65 Å². The van der Waals surface area contributed by atoms with Crippen molar-refractivity contribution in [2.75, 3.05) is 17.1 Å². The fourth-order valence-corrected chi connectivity index (χ4v) is 6.16. The average Bonchev–Trinajstić information content (AvgIpc) is 3.61. The first-order valence-electron chi connectivity index (χ1n) is 13.4. The molecule has 2 saturated carbocycles. The number of fused-ring (bicyclic) bond motifs is 3. The number of halogens is 3. The van der Waals surface area contributed by atoms with Crippen molar-refractivity contribution in [1.82, 2.24) is 19.6 Å². The number of amides is 1. The third-order valence-corrected chi connectivity index (χ3v) is 8.29. The Morgan fingerprint density at radius 1 is 1.20 bits per heavy atom. The van der Waals surface area contributed by atoms with Crippen molar-refractivity contribution in [2.24, 2.45) is 0 Å². The fourth-order valence-electron chi connectivity index (χ4n) is 6.16. The summed E-state index contributed by atoms with van der Waals surface area (Å²) in [6.07, 6.45) is 3.26. The highest BCUT2D eigenvalue weighted by Gasteiger charge is 2.65. The van der Waals surface area contributed by atoms with E-state index in [1.54, 1.807) is 28.0 Å². The highest BCUT2D eigenvalue weighted by Crippen LogP contribution is 2.57. The lowest BCUT2D eigenvalue weighted by Gasteiger charge is -2.49. The number of hydrazine groups is 1. The van der Waals surface area contributed by atoms with Gasteiger partial charge >= 0.3 is 12.1 Å². The molecule has 5 heterocycles. The summed E-state index contributed by atoms with van der Waals surface area (Å²) >= 11 is 0. The SMILES string of the molecule is Cc1cnc2c(NC(=O)c3cc4c(cc3OC3CCC3)N(OC(=O)C(F)(F)F)N(C35COC(C)(C3)C5)C4)cnn2c1. The van der Waals surface area contributed by atoms with Gasteiger partial charge in [0, 0.05) is 25.0 Å². The number of aromatic nitrogens is 3. The van der Waals surface area contributed by atoms with E-state index in [9.17, 15) is 22.8 Å². The summed E-state index contributed by atoms with van der Waals surface area (Å²) in [5.74, 6) is -2.65. The molecule has 8 rings (SSSR count). The molecule has 11 nitrogen and oxygen atoms in total. The molecule has 0 radical (unpaired) electrons. The minimum absolute atomic E-state index is 0.113. The van der Waals surface area contributed by atoms with E-state index in [-0.39, 0.29) is 41.9 Å². The van der Waals surface area contributed by atoms with Crippen molar-refractivity contribution in [3.05, 3.63) is 47.4 Å². The first-order chi connectivity index (χ1) is 19.4. The molecule has 2 bridgehead atoms. The van der Waals surface area contributed by atoms with Crippen LogP contribution >= 0.6 is 0 Å². The van der Waals surface area contributed by atoms with Gasteiger partial charge in [-0.05, 0) is 63.1 Å². The number of nitrogens with zero attached hydrogens (tertiary/aromatic N) is 5. The van der Waals surface area contributed by atoms with Crippen molar-refractivity contribution in [3.8, 4) is 5.75 Å². The molecule has 14 heteroatoms. The zero-order chi connectivity index (χ0) is 28.7. The molecule has 0 spiro atoms. The summed E-state index contributed by atoms with van der Waals surface area (Å²) in [4.78, 5) is 35.0. The highest BCUT2D eigenvalue weighted by molar-refractivity contribution is 6.08. The number of anilines is 2. The number of carbonyl (C=O) groups is 2. The number of benzene rings is 1. The van der Waals surface area contributed by atoms with Gasteiger partial charge in [0.05, 0.1) is 35.6 Å². The molecule has 1 amide bonds. The molecule has 3 aromatic rings. The maximum Gasteiger partial charge on any atom is 0.493 e. The lowest BCUT2D eigenvalue weighted by molar-refractivity contribution is -0.210. The molecule has 2 aliphatic carbocycles. The summed E-state index contributed by atoms with van der Waals surface area (Å²) in [6.45, 7) is 4.21. The molecule has 4 fully saturated rings. The maximum absolute atomic E-state index is 13.6. The van der Waals surface area contributed by atoms with E-state index in [0.717, 1.165) is 30.0 Å². The monoisotopic (exact) mass is 572 g/mol. The molecule has 3 aliphatic heterocycles. The van der Waals surface area contributed by atoms with Crippen LogP contribution in [0, 0.1) is 6.92 Å². The molecule has 216 valence electrons. The minimum atomic E-state index is -5.20. The van der Waals surface area contributed by atoms with Gasteiger partial charge in [0.1, 0.15) is 17.1 Å². The molecule has 0 atom stereocenters. The third-order valence-electron chi connectivity index (χ3n) is 8.29. The van der Waals surface area contributed by atoms with Crippen LogP contribution in [0.5, 0.6) is 5.75 Å². The lowest BCUT2D eigenvalue weighted by atomic mass is 9.69. The largest absolute Gasteiger partial charge is 0.493 e. The van der Waals surface area contributed by atoms with Gasteiger partial charge in [-0.2, -0.15) is 23.3 Å². The van der Waals surface area contributed by atoms with E-state index in [1.807, 2.05) is 13.8 Å². The quantitative estimate of drug-likeness (QED) is 0.467. The summed E-state index contributed by atoms with van der Waals surface area (Å²) in [6, 6.07) is 3.06. The van der Waals surface area contributed by atoms with Crippen LogP contribution in [0.1, 0.15) is 60.5 Å².